The Hall–Kier alpha value is -1.10. The zero-order valence-electron chi connectivity index (χ0n) is 9.30. The maximum atomic E-state index is 11.8. The number of amides is 1. The summed E-state index contributed by atoms with van der Waals surface area (Å²) in [6.45, 7) is 4.25. The Kier molecular flexibility index (Phi) is 5.97. The fraction of sp³-hybridized carbons (Fsp3) is 0.250. The first-order valence-electron chi connectivity index (χ1n) is 5.11. The number of nitrogens with zero attached hydrogens (tertiary/aromatic N) is 1. The van der Waals surface area contributed by atoms with E-state index in [1.165, 1.54) is 22.3 Å². The molecule has 3 nitrogen and oxygen atoms in total. The molecule has 0 aliphatic rings. The smallest absolute Gasteiger partial charge is 0.246 e. The van der Waals surface area contributed by atoms with E-state index in [1.54, 1.807) is 18.2 Å². The van der Waals surface area contributed by atoms with Gasteiger partial charge in [-0.05, 0) is 18.2 Å². The minimum Gasteiger partial charge on any atom is -0.395 e. The van der Waals surface area contributed by atoms with Gasteiger partial charge in [0.05, 0.1) is 10.9 Å². The number of carbonyl (C=O) groups is 1. The van der Waals surface area contributed by atoms with E-state index in [0.717, 1.165) is 4.88 Å². The average molecular weight is 272 g/mol. The van der Waals surface area contributed by atoms with Crippen LogP contribution < -0.4 is 0 Å². The minimum atomic E-state index is -0.150. The molecule has 0 saturated heterocycles. The van der Waals surface area contributed by atoms with E-state index in [1.807, 2.05) is 6.07 Å². The third-order valence-corrected chi connectivity index (χ3v) is 3.21. The van der Waals surface area contributed by atoms with E-state index in [2.05, 4.69) is 6.58 Å². The molecule has 0 saturated carbocycles. The van der Waals surface area contributed by atoms with Crippen LogP contribution in [0.5, 0.6) is 0 Å². The van der Waals surface area contributed by atoms with Crippen LogP contribution >= 0.6 is 22.9 Å². The quantitative estimate of drug-likeness (QED) is 0.638. The van der Waals surface area contributed by atoms with Crippen LogP contribution in [0.1, 0.15) is 4.88 Å². The van der Waals surface area contributed by atoms with Crippen LogP contribution in [0, 0.1) is 0 Å². The number of thiophene rings is 1. The first-order chi connectivity index (χ1) is 8.17. The van der Waals surface area contributed by atoms with Crippen LogP contribution in [0.15, 0.2) is 30.9 Å². The molecule has 1 amide bonds. The Morgan fingerprint density at radius 2 is 2.35 bits per heavy atom. The third kappa shape index (κ3) is 4.73. The Morgan fingerprint density at radius 1 is 1.59 bits per heavy atom. The molecule has 5 heteroatoms. The molecular formula is C12H14ClNO2S. The normalized spacial score (nSPS) is 10.7. The Bertz CT molecular complexity index is 414. The zero-order chi connectivity index (χ0) is 12.7. The van der Waals surface area contributed by atoms with E-state index in [-0.39, 0.29) is 12.5 Å². The Balaban J connectivity index is 2.62. The van der Waals surface area contributed by atoms with Crippen molar-refractivity contribution >= 4 is 34.9 Å². The highest BCUT2D eigenvalue weighted by Crippen LogP contribution is 2.22. The van der Waals surface area contributed by atoms with E-state index >= 15 is 0 Å². The van der Waals surface area contributed by atoms with Gasteiger partial charge in [0, 0.05) is 24.0 Å². The van der Waals surface area contributed by atoms with Gasteiger partial charge in [-0.2, -0.15) is 0 Å². The highest BCUT2D eigenvalue weighted by atomic mass is 35.5. The standard InChI is InChI=1S/C12H14ClNO2S/c1-2-7-14(8-9-15)12(16)6-4-10-3-5-11(13)17-10/h2-6,15H,1,7-9H2/b6-4+. The number of carbonyl (C=O) groups excluding carboxylic acids is 1. The minimum absolute atomic E-state index is 0.0573. The van der Waals surface area contributed by atoms with Gasteiger partial charge in [-0.15, -0.1) is 17.9 Å². The van der Waals surface area contributed by atoms with Crippen molar-refractivity contribution in [1.82, 2.24) is 4.90 Å². The van der Waals surface area contributed by atoms with E-state index < -0.39 is 0 Å². The first kappa shape index (κ1) is 14.0. The SMILES string of the molecule is C=CCN(CCO)C(=O)/C=C/c1ccc(Cl)s1. The molecule has 0 aliphatic carbocycles. The average Bonchev–Trinajstić information content (AvgIpc) is 2.72. The van der Waals surface area contributed by atoms with Crippen molar-refractivity contribution < 1.29 is 9.90 Å². The van der Waals surface area contributed by atoms with Crippen molar-refractivity contribution in [2.24, 2.45) is 0 Å². The molecule has 0 aromatic carbocycles. The molecule has 1 rings (SSSR count). The third-order valence-electron chi connectivity index (χ3n) is 2.02. The molecule has 92 valence electrons. The number of aliphatic hydroxyl groups is 1. The lowest BCUT2D eigenvalue weighted by molar-refractivity contribution is -0.125. The number of aliphatic hydroxyl groups excluding tert-OH is 1. The van der Waals surface area contributed by atoms with Gasteiger partial charge in [0.2, 0.25) is 5.91 Å². The van der Waals surface area contributed by atoms with Crippen LogP contribution in [-0.2, 0) is 4.79 Å². The fourth-order valence-electron chi connectivity index (χ4n) is 1.24. The van der Waals surface area contributed by atoms with Gasteiger partial charge in [-0.3, -0.25) is 4.79 Å². The van der Waals surface area contributed by atoms with Crippen LogP contribution in [-0.4, -0.2) is 35.6 Å². The van der Waals surface area contributed by atoms with Gasteiger partial charge >= 0.3 is 0 Å². The van der Waals surface area contributed by atoms with Crippen molar-refractivity contribution in [3.05, 3.63) is 40.1 Å². The molecule has 0 bridgehead atoms. The number of hydrogen-bond donors (Lipinski definition) is 1. The molecule has 0 fully saturated rings. The lowest BCUT2D eigenvalue weighted by Crippen LogP contribution is -2.32. The van der Waals surface area contributed by atoms with Gasteiger partial charge in [0.15, 0.2) is 0 Å². The van der Waals surface area contributed by atoms with Crippen LogP contribution in [0.25, 0.3) is 6.08 Å². The maximum absolute atomic E-state index is 11.8. The summed E-state index contributed by atoms with van der Waals surface area (Å²) in [5, 5.41) is 8.83. The molecule has 0 spiro atoms. The summed E-state index contributed by atoms with van der Waals surface area (Å²) in [6.07, 6.45) is 4.82. The highest BCUT2D eigenvalue weighted by Gasteiger charge is 2.07. The summed E-state index contributed by atoms with van der Waals surface area (Å²) >= 11 is 7.19. The molecule has 0 aliphatic heterocycles. The Morgan fingerprint density at radius 3 is 2.88 bits per heavy atom. The van der Waals surface area contributed by atoms with Gasteiger partial charge in [0.25, 0.3) is 0 Å². The molecule has 1 heterocycles. The number of hydrogen-bond acceptors (Lipinski definition) is 3. The largest absolute Gasteiger partial charge is 0.395 e. The molecule has 0 radical (unpaired) electrons. The van der Waals surface area contributed by atoms with Gasteiger partial charge in [-0.1, -0.05) is 17.7 Å². The van der Waals surface area contributed by atoms with E-state index in [9.17, 15) is 4.79 Å². The molecule has 0 unspecified atom stereocenters. The summed E-state index contributed by atoms with van der Waals surface area (Å²) in [7, 11) is 0. The lowest BCUT2D eigenvalue weighted by atomic mass is 10.3. The second kappa shape index (κ2) is 7.27. The van der Waals surface area contributed by atoms with Crippen molar-refractivity contribution in [2.45, 2.75) is 0 Å². The van der Waals surface area contributed by atoms with Crippen LogP contribution in [0.4, 0.5) is 0 Å². The topological polar surface area (TPSA) is 40.5 Å². The van der Waals surface area contributed by atoms with Gasteiger partial charge in [-0.25, -0.2) is 0 Å². The maximum Gasteiger partial charge on any atom is 0.246 e. The summed E-state index contributed by atoms with van der Waals surface area (Å²) in [5.74, 6) is -0.150. The second-order valence-corrected chi connectivity index (χ2v) is 5.02. The fourth-order valence-corrected chi connectivity index (χ4v) is 2.21. The van der Waals surface area contributed by atoms with Gasteiger partial charge in [0.1, 0.15) is 0 Å². The lowest BCUT2D eigenvalue weighted by Gasteiger charge is -2.17. The Labute approximate surface area is 110 Å². The van der Waals surface area contributed by atoms with E-state index in [0.29, 0.717) is 17.4 Å². The first-order valence-corrected chi connectivity index (χ1v) is 6.31. The molecule has 0 atom stereocenters. The second-order valence-electron chi connectivity index (χ2n) is 3.27. The summed E-state index contributed by atoms with van der Waals surface area (Å²) in [5.41, 5.74) is 0. The summed E-state index contributed by atoms with van der Waals surface area (Å²) in [4.78, 5) is 14.2. The predicted molar refractivity (Wildman–Crippen MR) is 72.2 cm³/mol. The molecule has 1 N–H and O–H groups in total. The molecule has 17 heavy (non-hydrogen) atoms. The summed E-state index contributed by atoms with van der Waals surface area (Å²) < 4.78 is 0.690. The van der Waals surface area contributed by atoms with Gasteiger partial charge < -0.3 is 10.0 Å². The summed E-state index contributed by atoms with van der Waals surface area (Å²) in [6, 6.07) is 3.63. The zero-order valence-corrected chi connectivity index (χ0v) is 10.9. The molecular weight excluding hydrogens is 258 g/mol. The predicted octanol–water partition coefficient (Wildman–Crippen LogP) is 2.42. The van der Waals surface area contributed by atoms with E-state index in [4.69, 9.17) is 16.7 Å². The molecule has 1 aromatic rings. The van der Waals surface area contributed by atoms with Crippen molar-refractivity contribution in [1.29, 1.82) is 0 Å². The van der Waals surface area contributed by atoms with Crippen LogP contribution in [0.3, 0.4) is 0 Å². The number of rotatable bonds is 6. The van der Waals surface area contributed by atoms with Crippen LogP contribution in [0.2, 0.25) is 4.34 Å². The molecule has 1 aromatic heterocycles. The van der Waals surface area contributed by atoms with Crippen molar-refractivity contribution in [3.8, 4) is 0 Å². The van der Waals surface area contributed by atoms with Crippen molar-refractivity contribution in [3.63, 3.8) is 0 Å². The highest BCUT2D eigenvalue weighted by molar-refractivity contribution is 7.17. The monoisotopic (exact) mass is 271 g/mol. The van der Waals surface area contributed by atoms with Crippen molar-refractivity contribution in [2.75, 3.05) is 19.7 Å². The number of halogens is 1.